The average molecular weight is 513 g/mol. The van der Waals surface area contributed by atoms with Crippen molar-refractivity contribution in [3.05, 3.63) is 26.7 Å². The second-order valence-corrected chi connectivity index (χ2v) is 9.97. The summed E-state index contributed by atoms with van der Waals surface area (Å²) in [5.74, 6) is -0.359. The Labute approximate surface area is 193 Å². The van der Waals surface area contributed by atoms with E-state index in [4.69, 9.17) is 9.47 Å². The minimum atomic E-state index is -0.882. The molecule has 0 bridgehead atoms. The lowest BCUT2D eigenvalue weighted by atomic mass is 9.95. The number of likely N-dealkylation sites (N-methyl/N-ethyl adjacent to an activating group) is 1. The zero-order valence-corrected chi connectivity index (χ0v) is 19.5. The SMILES string of the molecule is CN[C@@H]1CCC[C@@H]1Oc1cc(Br)c(F)c2nc(OCC34CCCN3C[C@H](F)C4)[nH]c(=O)c12. The Kier molecular flexibility index (Phi) is 5.88. The lowest BCUT2D eigenvalue weighted by Crippen LogP contribution is -2.43. The normalized spacial score (nSPS) is 30.2. The predicted molar refractivity (Wildman–Crippen MR) is 120 cm³/mol. The molecule has 2 aromatic rings. The fourth-order valence-electron chi connectivity index (χ4n) is 5.58. The molecular weight excluding hydrogens is 486 g/mol. The number of nitrogens with one attached hydrogen (secondary N) is 2. The maximum atomic E-state index is 15.0. The third-order valence-electron chi connectivity index (χ3n) is 7.16. The van der Waals surface area contributed by atoms with Gasteiger partial charge in [-0.05, 0) is 67.7 Å². The molecule has 0 radical (unpaired) electrons. The lowest BCUT2D eigenvalue weighted by molar-refractivity contribution is 0.107. The van der Waals surface area contributed by atoms with E-state index in [9.17, 15) is 13.6 Å². The molecule has 1 saturated carbocycles. The number of hydrogen-bond acceptors (Lipinski definition) is 6. The third-order valence-corrected chi connectivity index (χ3v) is 7.74. The molecule has 0 amide bonds. The molecule has 7 nitrogen and oxygen atoms in total. The molecule has 2 aliphatic heterocycles. The van der Waals surface area contributed by atoms with Gasteiger partial charge in [-0.25, -0.2) is 8.78 Å². The minimum absolute atomic E-state index is 0.0603. The molecule has 32 heavy (non-hydrogen) atoms. The number of H-pyrrole nitrogens is 1. The Hall–Kier alpha value is -1.78. The summed E-state index contributed by atoms with van der Waals surface area (Å²) in [5.41, 5.74) is -1.02. The van der Waals surface area contributed by atoms with Gasteiger partial charge in [-0.3, -0.25) is 14.7 Å². The number of benzene rings is 1. The van der Waals surface area contributed by atoms with Crippen molar-refractivity contribution in [2.24, 2.45) is 0 Å². The molecular formula is C22H27BrF2N4O3. The molecule has 1 aliphatic carbocycles. The summed E-state index contributed by atoms with van der Waals surface area (Å²) >= 11 is 3.22. The third kappa shape index (κ3) is 3.80. The van der Waals surface area contributed by atoms with E-state index >= 15 is 0 Å². The maximum absolute atomic E-state index is 15.0. The van der Waals surface area contributed by atoms with Crippen LogP contribution in [0.2, 0.25) is 0 Å². The molecule has 4 atom stereocenters. The van der Waals surface area contributed by atoms with Gasteiger partial charge in [0, 0.05) is 19.0 Å². The van der Waals surface area contributed by atoms with Crippen LogP contribution in [0.15, 0.2) is 15.3 Å². The van der Waals surface area contributed by atoms with Crippen molar-refractivity contribution in [1.82, 2.24) is 20.2 Å². The van der Waals surface area contributed by atoms with E-state index in [-0.39, 0.29) is 51.4 Å². The topological polar surface area (TPSA) is 79.5 Å². The van der Waals surface area contributed by atoms with Crippen LogP contribution in [-0.2, 0) is 0 Å². The molecule has 3 heterocycles. The Morgan fingerprint density at radius 1 is 1.41 bits per heavy atom. The average Bonchev–Trinajstić information content (AvgIpc) is 3.43. The standard InChI is InChI=1S/C22H27BrF2N4O3/c1-26-14-4-2-5-15(14)32-16-8-13(23)18(25)19-17(16)20(30)28-21(27-19)31-11-22-6-3-7-29(22)10-12(24)9-22/h8,12,14-15,26H,2-7,9-11H2,1H3,(H,27,28,30)/t12-,14-,15+,22?/m1/s1. The highest BCUT2D eigenvalue weighted by Gasteiger charge is 2.49. The first-order valence-electron chi connectivity index (χ1n) is 11.2. The van der Waals surface area contributed by atoms with Gasteiger partial charge in [0.05, 0.1) is 10.0 Å². The number of alkyl halides is 1. The van der Waals surface area contributed by atoms with Crippen LogP contribution in [0.25, 0.3) is 10.9 Å². The van der Waals surface area contributed by atoms with Crippen LogP contribution in [0.3, 0.4) is 0 Å². The second kappa shape index (κ2) is 8.53. The van der Waals surface area contributed by atoms with Crippen LogP contribution >= 0.6 is 15.9 Å². The van der Waals surface area contributed by atoms with Crippen LogP contribution in [0, 0.1) is 5.82 Å². The van der Waals surface area contributed by atoms with Crippen molar-refractivity contribution >= 4 is 26.8 Å². The highest BCUT2D eigenvalue weighted by atomic mass is 79.9. The van der Waals surface area contributed by atoms with Crippen LogP contribution in [0.5, 0.6) is 11.8 Å². The van der Waals surface area contributed by atoms with Crippen molar-refractivity contribution < 1.29 is 18.3 Å². The van der Waals surface area contributed by atoms with Crippen LogP contribution in [0.4, 0.5) is 8.78 Å². The van der Waals surface area contributed by atoms with Crippen molar-refractivity contribution in [1.29, 1.82) is 0 Å². The molecule has 174 valence electrons. The summed E-state index contributed by atoms with van der Waals surface area (Å²) in [5, 5.41) is 3.29. The smallest absolute Gasteiger partial charge is 0.297 e. The lowest BCUT2D eigenvalue weighted by Gasteiger charge is -2.30. The predicted octanol–water partition coefficient (Wildman–Crippen LogP) is 3.30. The number of rotatable bonds is 6. The molecule has 5 rings (SSSR count). The first-order chi connectivity index (χ1) is 15.4. The quantitative estimate of drug-likeness (QED) is 0.618. The zero-order valence-electron chi connectivity index (χ0n) is 17.9. The molecule has 1 unspecified atom stereocenters. The van der Waals surface area contributed by atoms with Crippen LogP contribution in [0.1, 0.15) is 38.5 Å². The summed E-state index contributed by atoms with van der Waals surface area (Å²) in [7, 11) is 1.88. The van der Waals surface area contributed by atoms with Gasteiger partial charge in [-0.2, -0.15) is 4.98 Å². The van der Waals surface area contributed by atoms with E-state index in [0.29, 0.717) is 13.0 Å². The summed E-state index contributed by atoms with van der Waals surface area (Å²) in [4.78, 5) is 22.0. The van der Waals surface area contributed by atoms with E-state index in [1.54, 1.807) is 0 Å². The highest BCUT2D eigenvalue weighted by Crippen LogP contribution is 2.40. The molecule has 2 saturated heterocycles. The van der Waals surface area contributed by atoms with Crippen molar-refractivity contribution in [3.63, 3.8) is 0 Å². The number of ether oxygens (including phenoxy) is 2. The summed E-state index contributed by atoms with van der Waals surface area (Å²) in [6, 6.07) is 1.58. The second-order valence-electron chi connectivity index (χ2n) is 9.11. The van der Waals surface area contributed by atoms with E-state index in [2.05, 4.69) is 36.1 Å². The van der Waals surface area contributed by atoms with Crippen LogP contribution in [-0.4, -0.2) is 65.5 Å². The van der Waals surface area contributed by atoms with E-state index in [1.165, 1.54) is 6.07 Å². The molecule has 1 aromatic carbocycles. The largest absolute Gasteiger partial charge is 0.488 e. The van der Waals surface area contributed by atoms with Gasteiger partial charge in [0.15, 0.2) is 5.82 Å². The monoisotopic (exact) mass is 512 g/mol. The number of nitrogens with zero attached hydrogens (tertiary/aromatic N) is 2. The Morgan fingerprint density at radius 2 is 2.25 bits per heavy atom. The molecule has 3 fully saturated rings. The first-order valence-corrected chi connectivity index (χ1v) is 12.0. The number of halogens is 3. The Balaban J connectivity index is 1.45. The molecule has 2 N–H and O–H groups in total. The summed E-state index contributed by atoms with van der Waals surface area (Å²) in [6.45, 7) is 1.44. The van der Waals surface area contributed by atoms with Gasteiger partial charge < -0.3 is 14.8 Å². The van der Waals surface area contributed by atoms with Crippen LogP contribution < -0.4 is 20.3 Å². The molecule has 10 heteroatoms. The van der Waals surface area contributed by atoms with Crippen molar-refractivity contribution in [3.8, 4) is 11.8 Å². The highest BCUT2D eigenvalue weighted by molar-refractivity contribution is 9.10. The van der Waals surface area contributed by atoms with Gasteiger partial charge in [-0.15, -0.1) is 0 Å². The zero-order chi connectivity index (χ0) is 22.5. The van der Waals surface area contributed by atoms with Gasteiger partial charge in [0.1, 0.15) is 35.5 Å². The fourth-order valence-corrected chi connectivity index (χ4v) is 5.97. The summed E-state index contributed by atoms with van der Waals surface area (Å²) in [6.07, 6.45) is 4.06. The number of aromatic nitrogens is 2. The van der Waals surface area contributed by atoms with Gasteiger partial charge in [-0.1, -0.05) is 0 Å². The molecule has 3 aliphatic rings. The number of hydrogen-bond donors (Lipinski definition) is 2. The molecule has 1 aromatic heterocycles. The van der Waals surface area contributed by atoms with E-state index in [1.807, 2.05) is 7.05 Å². The number of fused-ring (bicyclic) bond motifs is 2. The fraction of sp³-hybridized carbons (Fsp3) is 0.636. The number of aromatic amines is 1. The van der Waals surface area contributed by atoms with Gasteiger partial charge in [0.25, 0.3) is 11.6 Å². The van der Waals surface area contributed by atoms with Gasteiger partial charge >= 0.3 is 0 Å². The first kappa shape index (κ1) is 22.0. The van der Waals surface area contributed by atoms with E-state index < -0.39 is 17.5 Å². The summed E-state index contributed by atoms with van der Waals surface area (Å²) < 4.78 is 41.1. The minimum Gasteiger partial charge on any atom is -0.488 e. The molecule has 0 spiro atoms. The van der Waals surface area contributed by atoms with E-state index in [0.717, 1.165) is 38.6 Å². The Morgan fingerprint density at radius 3 is 3.06 bits per heavy atom. The Bertz CT molecular complexity index is 1080. The van der Waals surface area contributed by atoms with Gasteiger partial charge in [0.2, 0.25) is 0 Å². The van der Waals surface area contributed by atoms with Crippen molar-refractivity contribution in [2.75, 3.05) is 26.7 Å². The maximum Gasteiger partial charge on any atom is 0.297 e. The van der Waals surface area contributed by atoms with Crippen molar-refractivity contribution in [2.45, 2.75) is 62.4 Å².